The van der Waals surface area contributed by atoms with Gasteiger partial charge in [0.15, 0.2) is 0 Å². The summed E-state index contributed by atoms with van der Waals surface area (Å²) in [6.07, 6.45) is 0. The predicted octanol–water partition coefficient (Wildman–Crippen LogP) is 3.38. The maximum atomic E-state index is 3.45. The molecular weight excluding hydrogens is 208 g/mol. The summed E-state index contributed by atoms with van der Waals surface area (Å²) in [4.78, 5) is 2.41. The number of nitrogens with zero attached hydrogens (tertiary/aromatic N) is 1. The molecule has 1 aromatic rings. The fourth-order valence-corrected chi connectivity index (χ4v) is 1.76. The Labute approximate surface area is 106 Å². The summed E-state index contributed by atoms with van der Waals surface area (Å²) in [5.74, 6) is 0.708. The van der Waals surface area contributed by atoms with Crippen molar-refractivity contribution in [2.75, 3.05) is 25.5 Å². The van der Waals surface area contributed by atoms with Crippen molar-refractivity contribution in [1.29, 1.82) is 0 Å². The van der Waals surface area contributed by atoms with Gasteiger partial charge in [-0.1, -0.05) is 31.5 Å². The monoisotopic (exact) mass is 234 g/mol. The minimum atomic E-state index is 0.634. The summed E-state index contributed by atoms with van der Waals surface area (Å²) < 4.78 is 0. The van der Waals surface area contributed by atoms with Crippen LogP contribution in [-0.2, 0) is 0 Å². The zero-order valence-electron chi connectivity index (χ0n) is 11.8. The van der Waals surface area contributed by atoms with Gasteiger partial charge >= 0.3 is 0 Å². The lowest BCUT2D eigenvalue weighted by atomic mass is 10.1. The Morgan fingerprint density at radius 3 is 2.24 bits per heavy atom. The number of aryl methyl sites for hydroxylation is 1. The summed E-state index contributed by atoms with van der Waals surface area (Å²) >= 11 is 0. The Morgan fingerprint density at radius 1 is 1.12 bits per heavy atom. The van der Waals surface area contributed by atoms with Crippen LogP contribution in [-0.4, -0.2) is 31.1 Å². The third kappa shape index (κ3) is 4.78. The summed E-state index contributed by atoms with van der Waals surface area (Å²) in [5, 5.41) is 3.45. The van der Waals surface area contributed by atoms with Crippen LogP contribution in [0.5, 0.6) is 0 Å². The SMILES string of the molecule is Cc1ccc(NCCN(C)C(C)C(C)C)cc1. The lowest BCUT2D eigenvalue weighted by Gasteiger charge is -2.27. The van der Waals surface area contributed by atoms with E-state index in [1.807, 2.05) is 0 Å². The quantitative estimate of drug-likeness (QED) is 0.811. The van der Waals surface area contributed by atoms with Crippen LogP contribution in [0.25, 0.3) is 0 Å². The second-order valence-corrected chi connectivity index (χ2v) is 5.26. The van der Waals surface area contributed by atoms with Gasteiger partial charge < -0.3 is 10.2 Å². The van der Waals surface area contributed by atoms with Crippen LogP contribution in [0.3, 0.4) is 0 Å². The zero-order valence-corrected chi connectivity index (χ0v) is 11.8. The molecule has 96 valence electrons. The molecule has 17 heavy (non-hydrogen) atoms. The van der Waals surface area contributed by atoms with E-state index in [2.05, 4.69) is 69.2 Å². The molecule has 0 aliphatic carbocycles. The molecule has 1 N–H and O–H groups in total. The van der Waals surface area contributed by atoms with E-state index in [-0.39, 0.29) is 0 Å². The fraction of sp³-hybridized carbons (Fsp3) is 0.600. The van der Waals surface area contributed by atoms with E-state index in [0.29, 0.717) is 12.0 Å². The van der Waals surface area contributed by atoms with E-state index in [4.69, 9.17) is 0 Å². The molecular formula is C15H26N2. The molecule has 0 bridgehead atoms. The first kappa shape index (κ1) is 14.0. The van der Waals surface area contributed by atoms with Crippen LogP contribution in [0.1, 0.15) is 26.3 Å². The van der Waals surface area contributed by atoms with Gasteiger partial charge in [-0.05, 0) is 38.9 Å². The van der Waals surface area contributed by atoms with Crippen molar-refractivity contribution >= 4 is 5.69 Å². The van der Waals surface area contributed by atoms with E-state index in [0.717, 1.165) is 13.1 Å². The van der Waals surface area contributed by atoms with Gasteiger partial charge in [0.2, 0.25) is 0 Å². The molecule has 0 saturated carbocycles. The molecule has 0 amide bonds. The summed E-state index contributed by atoms with van der Waals surface area (Å²) in [7, 11) is 2.20. The molecule has 0 saturated heterocycles. The Morgan fingerprint density at radius 2 is 1.71 bits per heavy atom. The average molecular weight is 234 g/mol. The van der Waals surface area contributed by atoms with Gasteiger partial charge in [-0.2, -0.15) is 0 Å². The molecule has 1 atom stereocenters. The normalized spacial score (nSPS) is 13.1. The van der Waals surface area contributed by atoms with Crippen molar-refractivity contribution < 1.29 is 0 Å². The third-order valence-electron chi connectivity index (χ3n) is 3.51. The first-order valence-electron chi connectivity index (χ1n) is 6.51. The molecule has 2 heteroatoms. The van der Waals surface area contributed by atoms with Crippen molar-refractivity contribution in [2.24, 2.45) is 5.92 Å². The molecule has 0 spiro atoms. The first-order chi connectivity index (χ1) is 8.00. The van der Waals surface area contributed by atoms with Gasteiger partial charge in [0.05, 0.1) is 0 Å². The van der Waals surface area contributed by atoms with Gasteiger partial charge in [-0.25, -0.2) is 0 Å². The number of nitrogens with one attached hydrogen (secondary N) is 1. The van der Waals surface area contributed by atoms with Crippen LogP contribution < -0.4 is 5.32 Å². The molecule has 0 aromatic heterocycles. The summed E-state index contributed by atoms with van der Waals surface area (Å²) in [6.45, 7) is 11.0. The lowest BCUT2D eigenvalue weighted by Crippen LogP contribution is -2.36. The highest BCUT2D eigenvalue weighted by Crippen LogP contribution is 2.09. The number of benzene rings is 1. The smallest absolute Gasteiger partial charge is 0.0340 e. The number of rotatable bonds is 6. The highest BCUT2D eigenvalue weighted by molar-refractivity contribution is 5.44. The van der Waals surface area contributed by atoms with E-state index in [1.54, 1.807) is 0 Å². The van der Waals surface area contributed by atoms with Crippen molar-refractivity contribution in [3.8, 4) is 0 Å². The maximum Gasteiger partial charge on any atom is 0.0340 e. The summed E-state index contributed by atoms with van der Waals surface area (Å²) in [6, 6.07) is 9.20. The topological polar surface area (TPSA) is 15.3 Å². The molecule has 1 aromatic carbocycles. The van der Waals surface area contributed by atoms with Gasteiger partial charge in [0.1, 0.15) is 0 Å². The van der Waals surface area contributed by atoms with Crippen molar-refractivity contribution in [1.82, 2.24) is 4.90 Å². The summed E-state index contributed by atoms with van der Waals surface area (Å²) in [5.41, 5.74) is 2.52. The predicted molar refractivity (Wildman–Crippen MR) is 76.6 cm³/mol. The van der Waals surface area contributed by atoms with Crippen LogP contribution in [0.15, 0.2) is 24.3 Å². The molecule has 0 heterocycles. The largest absolute Gasteiger partial charge is 0.384 e. The molecule has 0 radical (unpaired) electrons. The highest BCUT2D eigenvalue weighted by Gasteiger charge is 2.11. The number of likely N-dealkylation sites (N-methyl/N-ethyl adjacent to an activating group) is 1. The van der Waals surface area contributed by atoms with Crippen molar-refractivity contribution in [2.45, 2.75) is 33.7 Å². The number of anilines is 1. The van der Waals surface area contributed by atoms with Crippen LogP contribution in [0.2, 0.25) is 0 Å². The van der Waals surface area contributed by atoms with Crippen LogP contribution in [0, 0.1) is 12.8 Å². The van der Waals surface area contributed by atoms with Gasteiger partial charge in [0.25, 0.3) is 0 Å². The minimum Gasteiger partial charge on any atom is -0.384 e. The highest BCUT2D eigenvalue weighted by atomic mass is 15.1. The van der Waals surface area contributed by atoms with Crippen molar-refractivity contribution in [3.63, 3.8) is 0 Å². The second kappa shape index (κ2) is 6.65. The first-order valence-corrected chi connectivity index (χ1v) is 6.51. The Hall–Kier alpha value is -1.02. The van der Waals surface area contributed by atoms with E-state index < -0.39 is 0 Å². The van der Waals surface area contributed by atoms with Gasteiger partial charge in [-0.15, -0.1) is 0 Å². The Balaban J connectivity index is 2.30. The van der Waals surface area contributed by atoms with Crippen LogP contribution >= 0.6 is 0 Å². The number of hydrogen-bond acceptors (Lipinski definition) is 2. The standard InChI is InChI=1S/C15H26N2/c1-12(2)14(4)17(5)11-10-16-15-8-6-13(3)7-9-15/h6-9,12,14,16H,10-11H2,1-5H3. The Kier molecular flexibility index (Phi) is 5.49. The molecule has 1 unspecified atom stereocenters. The van der Waals surface area contributed by atoms with Crippen molar-refractivity contribution in [3.05, 3.63) is 29.8 Å². The maximum absolute atomic E-state index is 3.45. The molecule has 0 fully saturated rings. The van der Waals surface area contributed by atoms with E-state index >= 15 is 0 Å². The molecule has 0 aliphatic rings. The average Bonchev–Trinajstić information content (AvgIpc) is 2.30. The number of hydrogen-bond donors (Lipinski definition) is 1. The second-order valence-electron chi connectivity index (χ2n) is 5.26. The minimum absolute atomic E-state index is 0.634. The van der Waals surface area contributed by atoms with Gasteiger partial charge in [0, 0.05) is 24.8 Å². The molecule has 2 nitrogen and oxygen atoms in total. The van der Waals surface area contributed by atoms with Gasteiger partial charge in [-0.3, -0.25) is 0 Å². The zero-order chi connectivity index (χ0) is 12.8. The van der Waals surface area contributed by atoms with E-state index in [1.165, 1.54) is 11.3 Å². The molecule has 1 rings (SSSR count). The fourth-order valence-electron chi connectivity index (χ4n) is 1.76. The molecule has 0 aliphatic heterocycles. The van der Waals surface area contributed by atoms with E-state index in [9.17, 15) is 0 Å². The third-order valence-corrected chi connectivity index (χ3v) is 3.51. The van der Waals surface area contributed by atoms with Crippen LogP contribution in [0.4, 0.5) is 5.69 Å². The lowest BCUT2D eigenvalue weighted by molar-refractivity contribution is 0.215. The Bertz CT molecular complexity index is 316.